The normalized spacial score (nSPS) is 19.3. The zero-order chi connectivity index (χ0) is 22.1. The van der Waals surface area contributed by atoms with Gasteiger partial charge in [0.15, 0.2) is 16.3 Å². The number of anilines is 1. The van der Waals surface area contributed by atoms with Crippen LogP contribution in [-0.4, -0.2) is 47.9 Å². The Morgan fingerprint density at radius 3 is 2.65 bits per heavy atom. The van der Waals surface area contributed by atoms with E-state index in [1.807, 2.05) is 17.6 Å². The van der Waals surface area contributed by atoms with Gasteiger partial charge < -0.3 is 9.47 Å². The zero-order valence-corrected chi connectivity index (χ0v) is 19.3. The molecule has 0 amide bonds. The lowest BCUT2D eigenvalue weighted by atomic mass is 9.92. The Kier molecular flexibility index (Phi) is 6.17. The third kappa shape index (κ3) is 4.53. The Bertz CT molecular complexity index is 1190. The summed E-state index contributed by atoms with van der Waals surface area (Å²) in [5.41, 5.74) is 1.01. The van der Waals surface area contributed by atoms with Crippen molar-refractivity contribution in [1.29, 1.82) is 0 Å². The number of fused-ring (bicyclic) bond motifs is 1. The second-order valence-corrected chi connectivity index (χ2v) is 9.65. The van der Waals surface area contributed by atoms with E-state index in [1.165, 1.54) is 11.0 Å². The number of aromatic amines is 1. The molecule has 1 aliphatic heterocycles. The lowest BCUT2D eigenvalue weighted by Crippen LogP contribution is -2.40. The SMILES string of the molecule is Cc1ccnc(SCCCn2c(N3C[C@H](C)C[C@@H](C)C3)nc3c2c(=O)[nH]c(=O)n3C)n1. The molecule has 0 unspecified atom stereocenters. The summed E-state index contributed by atoms with van der Waals surface area (Å²) in [6.45, 7) is 8.86. The highest BCUT2D eigenvalue weighted by Gasteiger charge is 2.27. The monoisotopic (exact) mass is 443 g/mol. The van der Waals surface area contributed by atoms with Gasteiger partial charge in [-0.2, -0.15) is 4.98 Å². The van der Waals surface area contributed by atoms with Gasteiger partial charge >= 0.3 is 5.69 Å². The minimum atomic E-state index is -0.443. The van der Waals surface area contributed by atoms with Gasteiger partial charge in [0.05, 0.1) is 0 Å². The first kappa shape index (κ1) is 21.6. The molecule has 0 radical (unpaired) electrons. The molecule has 0 bridgehead atoms. The number of thioether (sulfide) groups is 1. The van der Waals surface area contributed by atoms with Crippen molar-refractivity contribution in [3.05, 3.63) is 38.8 Å². The number of imidazole rings is 1. The molecule has 1 fully saturated rings. The predicted octanol–water partition coefficient (Wildman–Crippen LogP) is 2.19. The van der Waals surface area contributed by atoms with Gasteiger partial charge in [-0.3, -0.25) is 14.3 Å². The molecule has 1 N–H and O–H groups in total. The zero-order valence-electron chi connectivity index (χ0n) is 18.5. The Morgan fingerprint density at radius 2 is 1.94 bits per heavy atom. The van der Waals surface area contributed by atoms with Gasteiger partial charge in [0.2, 0.25) is 5.95 Å². The summed E-state index contributed by atoms with van der Waals surface area (Å²) >= 11 is 1.60. The summed E-state index contributed by atoms with van der Waals surface area (Å²) in [6.07, 6.45) is 3.77. The fourth-order valence-corrected chi connectivity index (χ4v) is 5.18. The number of nitrogens with zero attached hydrogens (tertiary/aromatic N) is 6. The van der Waals surface area contributed by atoms with Gasteiger partial charge in [0, 0.05) is 44.3 Å². The van der Waals surface area contributed by atoms with Crippen molar-refractivity contribution in [3.63, 3.8) is 0 Å². The molecule has 0 spiro atoms. The molecule has 4 rings (SSSR count). The molecule has 0 aromatic carbocycles. The Morgan fingerprint density at radius 1 is 1.19 bits per heavy atom. The van der Waals surface area contributed by atoms with E-state index in [0.29, 0.717) is 29.5 Å². The molecule has 3 aromatic rings. The second-order valence-electron chi connectivity index (χ2n) is 8.59. The number of hydrogen-bond donors (Lipinski definition) is 1. The summed E-state index contributed by atoms with van der Waals surface area (Å²) in [5, 5.41) is 0.759. The minimum absolute atomic E-state index is 0.385. The topological polar surface area (TPSA) is 102 Å². The van der Waals surface area contributed by atoms with E-state index < -0.39 is 5.69 Å². The molecule has 0 aliphatic carbocycles. The lowest BCUT2D eigenvalue weighted by Gasteiger charge is -2.35. The quantitative estimate of drug-likeness (QED) is 0.354. The summed E-state index contributed by atoms with van der Waals surface area (Å²) in [4.78, 5) is 43.0. The predicted molar refractivity (Wildman–Crippen MR) is 123 cm³/mol. The smallest absolute Gasteiger partial charge is 0.329 e. The number of H-pyrrole nitrogens is 1. The highest BCUT2D eigenvalue weighted by atomic mass is 32.2. The largest absolute Gasteiger partial charge is 0.342 e. The molecule has 2 atom stereocenters. The summed E-state index contributed by atoms with van der Waals surface area (Å²) in [7, 11) is 1.65. The van der Waals surface area contributed by atoms with Crippen molar-refractivity contribution in [2.45, 2.75) is 45.3 Å². The van der Waals surface area contributed by atoms with Crippen molar-refractivity contribution in [2.24, 2.45) is 18.9 Å². The van der Waals surface area contributed by atoms with Gasteiger partial charge in [-0.25, -0.2) is 14.8 Å². The molecule has 0 saturated carbocycles. The van der Waals surface area contributed by atoms with Crippen LogP contribution in [0.25, 0.3) is 11.2 Å². The molecule has 4 heterocycles. The first-order chi connectivity index (χ1) is 14.8. The van der Waals surface area contributed by atoms with Crippen LogP contribution in [0.3, 0.4) is 0 Å². The third-order valence-electron chi connectivity index (χ3n) is 5.67. The number of rotatable bonds is 6. The molecule has 10 heteroatoms. The third-order valence-corrected chi connectivity index (χ3v) is 6.62. The Hall–Kier alpha value is -2.62. The maximum Gasteiger partial charge on any atom is 0.329 e. The molecule has 166 valence electrons. The van der Waals surface area contributed by atoms with E-state index in [-0.39, 0.29) is 5.56 Å². The van der Waals surface area contributed by atoms with Crippen LogP contribution >= 0.6 is 11.8 Å². The van der Waals surface area contributed by atoms with Crippen molar-refractivity contribution in [2.75, 3.05) is 23.7 Å². The molecule has 31 heavy (non-hydrogen) atoms. The van der Waals surface area contributed by atoms with Crippen LogP contribution in [0, 0.1) is 18.8 Å². The van der Waals surface area contributed by atoms with Crippen LogP contribution in [0.15, 0.2) is 27.0 Å². The summed E-state index contributed by atoms with van der Waals surface area (Å²) < 4.78 is 3.40. The number of hydrogen-bond acceptors (Lipinski definition) is 7. The molecular formula is C21H29N7O2S. The van der Waals surface area contributed by atoms with Crippen molar-refractivity contribution < 1.29 is 0 Å². The average Bonchev–Trinajstić information content (AvgIpc) is 3.09. The molecular weight excluding hydrogens is 414 g/mol. The lowest BCUT2D eigenvalue weighted by molar-refractivity contribution is 0.351. The van der Waals surface area contributed by atoms with Gasteiger partial charge in [-0.15, -0.1) is 0 Å². The average molecular weight is 444 g/mol. The maximum absolute atomic E-state index is 12.7. The number of nitrogens with one attached hydrogen (secondary N) is 1. The molecule has 1 aliphatic rings. The molecule has 9 nitrogen and oxygen atoms in total. The Balaban J connectivity index is 1.64. The van der Waals surface area contributed by atoms with Crippen molar-refractivity contribution in [1.82, 2.24) is 29.1 Å². The van der Waals surface area contributed by atoms with Gasteiger partial charge in [-0.1, -0.05) is 25.6 Å². The van der Waals surface area contributed by atoms with Crippen LogP contribution in [0.4, 0.5) is 5.95 Å². The molecule has 3 aromatic heterocycles. The maximum atomic E-state index is 12.7. The number of piperidine rings is 1. The fraction of sp³-hybridized carbons (Fsp3) is 0.571. The van der Waals surface area contributed by atoms with E-state index in [2.05, 4.69) is 33.7 Å². The van der Waals surface area contributed by atoms with Gasteiger partial charge in [0.1, 0.15) is 0 Å². The van der Waals surface area contributed by atoms with Crippen molar-refractivity contribution >= 4 is 28.9 Å². The van der Waals surface area contributed by atoms with E-state index >= 15 is 0 Å². The van der Waals surface area contributed by atoms with Crippen LogP contribution in [0.1, 0.15) is 32.4 Å². The number of aryl methyl sites for hydroxylation is 3. The summed E-state index contributed by atoms with van der Waals surface area (Å²) in [5.74, 6) is 2.69. The second kappa shape index (κ2) is 8.86. The highest BCUT2D eigenvalue weighted by Crippen LogP contribution is 2.28. The van der Waals surface area contributed by atoms with Crippen molar-refractivity contribution in [3.8, 4) is 0 Å². The fourth-order valence-electron chi connectivity index (χ4n) is 4.38. The first-order valence-corrected chi connectivity index (χ1v) is 11.7. The van der Waals surface area contributed by atoms with Crippen LogP contribution in [-0.2, 0) is 13.6 Å². The van der Waals surface area contributed by atoms with Crippen LogP contribution < -0.4 is 16.1 Å². The standard InChI is InChI=1S/C21H29N7O2S/c1-13-10-14(2)12-27(11-13)20-24-17-16(18(29)25-21(30)26(17)4)28(20)8-5-9-31-19-22-7-6-15(3)23-19/h6-7,13-14H,5,8-12H2,1-4H3,(H,25,29,30)/t13-,14-/m1/s1. The van der Waals surface area contributed by atoms with E-state index in [4.69, 9.17) is 4.98 Å². The van der Waals surface area contributed by atoms with Gasteiger partial charge in [0.25, 0.3) is 5.56 Å². The summed E-state index contributed by atoms with van der Waals surface area (Å²) in [6, 6.07) is 1.88. The van der Waals surface area contributed by atoms with E-state index in [9.17, 15) is 9.59 Å². The Labute approximate surface area is 184 Å². The first-order valence-electron chi connectivity index (χ1n) is 10.7. The van der Waals surface area contributed by atoms with Crippen LogP contribution in [0.5, 0.6) is 0 Å². The molecule has 1 saturated heterocycles. The minimum Gasteiger partial charge on any atom is -0.342 e. The number of aromatic nitrogens is 6. The van der Waals surface area contributed by atoms with Crippen LogP contribution in [0.2, 0.25) is 0 Å². The van der Waals surface area contributed by atoms with Gasteiger partial charge in [-0.05, 0) is 37.7 Å². The van der Waals surface area contributed by atoms with E-state index in [0.717, 1.165) is 42.1 Å². The van der Waals surface area contributed by atoms with E-state index in [1.54, 1.807) is 25.0 Å². The highest BCUT2D eigenvalue weighted by molar-refractivity contribution is 7.99.